The first-order chi connectivity index (χ1) is 6.56. The summed E-state index contributed by atoms with van der Waals surface area (Å²) in [5.74, 6) is -1.26. The van der Waals surface area contributed by atoms with Crippen molar-refractivity contribution >= 4 is 5.91 Å². The molecule has 0 bridgehead atoms. The summed E-state index contributed by atoms with van der Waals surface area (Å²) in [6.45, 7) is 5.53. The third-order valence-corrected chi connectivity index (χ3v) is 2.14. The SMILES string of the molecule is C=CC(C)c1ccc(F)c(C(N)=O)c1. The largest absolute Gasteiger partial charge is 0.366 e. The topological polar surface area (TPSA) is 43.1 Å². The Morgan fingerprint density at radius 2 is 2.29 bits per heavy atom. The second kappa shape index (κ2) is 4.05. The molecule has 0 fully saturated rings. The smallest absolute Gasteiger partial charge is 0.251 e. The Kier molecular flexibility index (Phi) is 3.02. The Labute approximate surface area is 82.2 Å². The Balaban J connectivity index is 3.19. The average Bonchev–Trinajstić information content (AvgIpc) is 2.17. The van der Waals surface area contributed by atoms with Gasteiger partial charge in [0.15, 0.2) is 0 Å². The Bertz CT molecular complexity index is 374. The molecule has 1 rings (SSSR count). The molecule has 1 unspecified atom stereocenters. The molecule has 14 heavy (non-hydrogen) atoms. The van der Waals surface area contributed by atoms with E-state index in [-0.39, 0.29) is 11.5 Å². The number of benzene rings is 1. The molecule has 0 saturated carbocycles. The third kappa shape index (κ3) is 1.99. The molecule has 1 aromatic rings. The van der Waals surface area contributed by atoms with Crippen LogP contribution in [0.1, 0.15) is 28.8 Å². The number of hydrogen-bond donors (Lipinski definition) is 1. The monoisotopic (exact) mass is 193 g/mol. The molecule has 0 saturated heterocycles. The molecular weight excluding hydrogens is 181 g/mol. The number of allylic oxidation sites excluding steroid dienone is 1. The molecule has 0 radical (unpaired) electrons. The van der Waals surface area contributed by atoms with Crippen molar-refractivity contribution < 1.29 is 9.18 Å². The van der Waals surface area contributed by atoms with Crippen molar-refractivity contribution in [1.82, 2.24) is 0 Å². The lowest BCUT2D eigenvalue weighted by Crippen LogP contribution is -2.13. The van der Waals surface area contributed by atoms with E-state index in [0.29, 0.717) is 0 Å². The molecule has 0 aliphatic carbocycles. The zero-order valence-electron chi connectivity index (χ0n) is 7.96. The summed E-state index contributed by atoms with van der Waals surface area (Å²) in [6.07, 6.45) is 1.72. The van der Waals surface area contributed by atoms with Crippen molar-refractivity contribution in [1.29, 1.82) is 0 Å². The maximum absolute atomic E-state index is 13.1. The van der Waals surface area contributed by atoms with Crippen LogP contribution >= 0.6 is 0 Å². The standard InChI is InChI=1S/C11H12FNO/c1-3-7(2)8-4-5-10(12)9(6-8)11(13)14/h3-7H,1H2,2H3,(H2,13,14). The van der Waals surface area contributed by atoms with E-state index in [2.05, 4.69) is 6.58 Å². The summed E-state index contributed by atoms with van der Waals surface area (Å²) < 4.78 is 13.1. The predicted octanol–water partition coefficient (Wildman–Crippen LogP) is 2.21. The molecule has 0 aliphatic rings. The highest BCUT2D eigenvalue weighted by molar-refractivity contribution is 5.93. The van der Waals surface area contributed by atoms with E-state index >= 15 is 0 Å². The molecule has 0 aliphatic heterocycles. The number of amides is 1. The van der Waals surface area contributed by atoms with E-state index < -0.39 is 11.7 Å². The quantitative estimate of drug-likeness (QED) is 0.735. The van der Waals surface area contributed by atoms with Gasteiger partial charge < -0.3 is 5.73 Å². The maximum Gasteiger partial charge on any atom is 0.251 e. The summed E-state index contributed by atoms with van der Waals surface area (Å²) in [7, 11) is 0. The molecule has 2 N–H and O–H groups in total. The van der Waals surface area contributed by atoms with Gasteiger partial charge in [-0.2, -0.15) is 0 Å². The fourth-order valence-electron chi connectivity index (χ4n) is 1.15. The van der Waals surface area contributed by atoms with Gasteiger partial charge in [0.05, 0.1) is 5.56 Å². The fourth-order valence-corrected chi connectivity index (χ4v) is 1.15. The first-order valence-corrected chi connectivity index (χ1v) is 4.28. The maximum atomic E-state index is 13.1. The number of nitrogens with two attached hydrogens (primary N) is 1. The molecule has 1 atom stereocenters. The van der Waals surface area contributed by atoms with Gasteiger partial charge in [0, 0.05) is 0 Å². The number of rotatable bonds is 3. The molecule has 1 amide bonds. The minimum absolute atomic E-state index is 0.0730. The highest BCUT2D eigenvalue weighted by Gasteiger charge is 2.10. The Morgan fingerprint density at radius 1 is 1.64 bits per heavy atom. The Hall–Kier alpha value is -1.64. The molecular formula is C11H12FNO. The van der Waals surface area contributed by atoms with Gasteiger partial charge in [-0.15, -0.1) is 6.58 Å². The first kappa shape index (κ1) is 10.4. The molecule has 0 aromatic heterocycles. The molecule has 2 nitrogen and oxygen atoms in total. The van der Waals surface area contributed by atoms with Crippen molar-refractivity contribution in [3.05, 3.63) is 47.8 Å². The zero-order valence-corrected chi connectivity index (χ0v) is 7.96. The van der Waals surface area contributed by atoms with E-state index in [1.54, 1.807) is 12.1 Å². The van der Waals surface area contributed by atoms with Crippen molar-refractivity contribution in [2.45, 2.75) is 12.8 Å². The number of halogens is 1. The van der Waals surface area contributed by atoms with E-state index in [4.69, 9.17) is 5.73 Å². The van der Waals surface area contributed by atoms with Gasteiger partial charge in [-0.25, -0.2) is 4.39 Å². The van der Waals surface area contributed by atoms with Crippen LogP contribution in [0.15, 0.2) is 30.9 Å². The average molecular weight is 193 g/mol. The second-order valence-corrected chi connectivity index (χ2v) is 3.13. The lowest BCUT2D eigenvalue weighted by molar-refractivity contribution is 0.0996. The normalized spacial score (nSPS) is 12.1. The van der Waals surface area contributed by atoms with Crippen LogP contribution in [0.2, 0.25) is 0 Å². The van der Waals surface area contributed by atoms with Crippen LogP contribution < -0.4 is 5.73 Å². The minimum Gasteiger partial charge on any atom is -0.366 e. The van der Waals surface area contributed by atoms with Crippen molar-refractivity contribution in [2.75, 3.05) is 0 Å². The highest BCUT2D eigenvalue weighted by atomic mass is 19.1. The van der Waals surface area contributed by atoms with Crippen molar-refractivity contribution in [3.63, 3.8) is 0 Å². The minimum atomic E-state index is -0.749. The van der Waals surface area contributed by atoms with Gasteiger partial charge in [-0.1, -0.05) is 19.1 Å². The zero-order chi connectivity index (χ0) is 10.7. The number of hydrogen-bond acceptors (Lipinski definition) is 1. The van der Waals surface area contributed by atoms with Crippen LogP contribution in [-0.2, 0) is 0 Å². The van der Waals surface area contributed by atoms with Crippen molar-refractivity contribution in [2.24, 2.45) is 5.73 Å². The van der Waals surface area contributed by atoms with Gasteiger partial charge in [-0.05, 0) is 23.6 Å². The number of carbonyl (C=O) groups is 1. The van der Waals surface area contributed by atoms with Crippen LogP contribution in [0.5, 0.6) is 0 Å². The van der Waals surface area contributed by atoms with Crippen LogP contribution in [0.25, 0.3) is 0 Å². The second-order valence-electron chi connectivity index (χ2n) is 3.13. The predicted molar refractivity (Wildman–Crippen MR) is 53.5 cm³/mol. The summed E-state index contributed by atoms with van der Waals surface area (Å²) in [4.78, 5) is 10.8. The van der Waals surface area contributed by atoms with Gasteiger partial charge in [0.1, 0.15) is 5.82 Å². The first-order valence-electron chi connectivity index (χ1n) is 4.28. The summed E-state index contributed by atoms with van der Waals surface area (Å²) in [6, 6.07) is 4.33. The van der Waals surface area contributed by atoms with Crippen LogP contribution in [0, 0.1) is 5.82 Å². The molecule has 1 aromatic carbocycles. The van der Waals surface area contributed by atoms with Crippen LogP contribution in [0.4, 0.5) is 4.39 Å². The van der Waals surface area contributed by atoms with Gasteiger partial charge in [0.2, 0.25) is 0 Å². The van der Waals surface area contributed by atoms with Gasteiger partial charge in [-0.3, -0.25) is 4.79 Å². The summed E-state index contributed by atoms with van der Waals surface area (Å²) in [5, 5.41) is 0. The Morgan fingerprint density at radius 3 is 2.79 bits per heavy atom. The van der Waals surface area contributed by atoms with Gasteiger partial charge >= 0.3 is 0 Å². The van der Waals surface area contributed by atoms with Crippen molar-refractivity contribution in [3.8, 4) is 0 Å². The van der Waals surface area contributed by atoms with E-state index in [0.717, 1.165) is 5.56 Å². The highest BCUT2D eigenvalue weighted by Crippen LogP contribution is 2.19. The van der Waals surface area contributed by atoms with Gasteiger partial charge in [0.25, 0.3) is 5.91 Å². The fraction of sp³-hybridized carbons (Fsp3) is 0.182. The molecule has 0 spiro atoms. The molecule has 0 heterocycles. The van der Waals surface area contributed by atoms with Crippen LogP contribution in [0.3, 0.4) is 0 Å². The lowest BCUT2D eigenvalue weighted by Gasteiger charge is -2.07. The number of primary amides is 1. The summed E-state index contributed by atoms with van der Waals surface area (Å²) in [5.41, 5.74) is 5.78. The van der Waals surface area contributed by atoms with Crippen LogP contribution in [-0.4, -0.2) is 5.91 Å². The molecule has 74 valence electrons. The third-order valence-electron chi connectivity index (χ3n) is 2.14. The molecule has 3 heteroatoms. The lowest BCUT2D eigenvalue weighted by atomic mass is 9.99. The van der Waals surface area contributed by atoms with E-state index in [1.165, 1.54) is 12.1 Å². The number of carbonyl (C=O) groups excluding carboxylic acids is 1. The van der Waals surface area contributed by atoms with E-state index in [1.807, 2.05) is 6.92 Å². The summed E-state index contributed by atoms with van der Waals surface area (Å²) >= 11 is 0. The van der Waals surface area contributed by atoms with E-state index in [9.17, 15) is 9.18 Å².